The Morgan fingerprint density at radius 3 is 3.05 bits per heavy atom. The number of hydrogen-bond donors (Lipinski definition) is 2. The van der Waals surface area contributed by atoms with Crippen molar-refractivity contribution in [1.29, 1.82) is 0 Å². The second-order valence-electron chi connectivity index (χ2n) is 6.18. The van der Waals surface area contributed by atoms with Crippen LogP contribution >= 0.6 is 11.6 Å². The zero-order valence-corrected chi connectivity index (χ0v) is 13.5. The molecule has 0 aromatic carbocycles. The Balaban J connectivity index is 2.06. The van der Waals surface area contributed by atoms with Gasteiger partial charge in [0.1, 0.15) is 5.02 Å². The van der Waals surface area contributed by atoms with Gasteiger partial charge in [-0.05, 0) is 25.2 Å². The van der Waals surface area contributed by atoms with Gasteiger partial charge in [-0.15, -0.1) is 0 Å². The van der Waals surface area contributed by atoms with Crippen LogP contribution in [0.25, 0.3) is 0 Å². The van der Waals surface area contributed by atoms with E-state index in [0.29, 0.717) is 24.7 Å². The monoisotopic (exact) mass is 313 g/mol. The highest BCUT2D eigenvalue weighted by molar-refractivity contribution is 6.32. The zero-order chi connectivity index (χ0) is 15.5. The summed E-state index contributed by atoms with van der Waals surface area (Å²) in [4.78, 5) is 12.0. The van der Waals surface area contributed by atoms with E-state index in [1.54, 1.807) is 6.20 Å². The molecule has 1 saturated carbocycles. The minimum absolute atomic E-state index is 0.144. The molecule has 1 aliphatic carbocycles. The highest BCUT2D eigenvalue weighted by Gasteiger charge is 2.32. The van der Waals surface area contributed by atoms with Crippen LogP contribution in [0.15, 0.2) is 11.0 Å². The van der Waals surface area contributed by atoms with Gasteiger partial charge < -0.3 is 10.4 Å². The fourth-order valence-electron chi connectivity index (χ4n) is 3.01. The number of hydrogen-bond acceptors (Lipinski definition) is 4. The van der Waals surface area contributed by atoms with E-state index < -0.39 is 5.60 Å². The van der Waals surface area contributed by atoms with Gasteiger partial charge >= 0.3 is 0 Å². The summed E-state index contributed by atoms with van der Waals surface area (Å²) in [6.45, 7) is 5.09. The second kappa shape index (κ2) is 6.79. The first-order valence-corrected chi connectivity index (χ1v) is 8.05. The first-order valence-electron chi connectivity index (χ1n) is 7.67. The summed E-state index contributed by atoms with van der Waals surface area (Å²) in [5.74, 6) is 0.525. The van der Waals surface area contributed by atoms with Crippen molar-refractivity contribution in [2.24, 2.45) is 5.92 Å². The summed E-state index contributed by atoms with van der Waals surface area (Å²) in [5, 5.41) is 17.9. The maximum atomic E-state index is 12.0. The number of nitrogens with zero attached hydrogens (tertiary/aromatic N) is 2. The minimum atomic E-state index is -0.723. The first kappa shape index (κ1) is 16.3. The normalized spacial score (nSPS) is 25.8. The number of aryl methyl sites for hydroxylation is 1. The molecule has 6 heteroatoms. The predicted octanol–water partition coefficient (Wildman–Crippen LogP) is 2.66. The van der Waals surface area contributed by atoms with Crippen LogP contribution in [0.4, 0.5) is 5.69 Å². The molecular formula is C15H24ClN3O2. The van der Waals surface area contributed by atoms with Crippen molar-refractivity contribution in [3.63, 3.8) is 0 Å². The van der Waals surface area contributed by atoms with Crippen LogP contribution in [0, 0.1) is 5.92 Å². The van der Waals surface area contributed by atoms with Gasteiger partial charge in [0, 0.05) is 13.1 Å². The van der Waals surface area contributed by atoms with Crippen LogP contribution in [0.3, 0.4) is 0 Å². The molecule has 1 aromatic rings. The summed E-state index contributed by atoms with van der Waals surface area (Å²) in [6.07, 6.45) is 6.14. The van der Waals surface area contributed by atoms with Crippen molar-refractivity contribution >= 4 is 17.3 Å². The Labute approximate surface area is 130 Å². The average molecular weight is 314 g/mol. The molecule has 21 heavy (non-hydrogen) atoms. The van der Waals surface area contributed by atoms with E-state index in [0.717, 1.165) is 32.1 Å². The number of anilines is 1. The zero-order valence-electron chi connectivity index (χ0n) is 12.7. The van der Waals surface area contributed by atoms with Gasteiger partial charge in [0.25, 0.3) is 5.56 Å². The molecule has 5 nitrogen and oxygen atoms in total. The van der Waals surface area contributed by atoms with Crippen molar-refractivity contribution in [2.75, 3.05) is 11.9 Å². The van der Waals surface area contributed by atoms with Gasteiger partial charge in [-0.25, -0.2) is 4.68 Å². The smallest absolute Gasteiger partial charge is 0.287 e. The summed E-state index contributed by atoms with van der Waals surface area (Å²) >= 11 is 6.11. The van der Waals surface area contributed by atoms with Gasteiger partial charge in [0.05, 0.1) is 17.5 Å². The Morgan fingerprint density at radius 1 is 1.62 bits per heavy atom. The molecular weight excluding hydrogens is 290 g/mol. The van der Waals surface area contributed by atoms with Gasteiger partial charge in [0.2, 0.25) is 0 Å². The van der Waals surface area contributed by atoms with Crippen molar-refractivity contribution < 1.29 is 5.11 Å². The maximum Gasteiger partial charge on any atom is 0.287 e. The van der Waals surface area contributed by atoms with E-state index in [9.17, 15) is 9.90 Å². The van der Waals surface area contributed by atoms with E-state index in [-0.39, 0.29) is 10.6 Å². The number of nitrogens with one attached hydrogen (secondary N) is 1. The highest BCUT2D eigenvalue weighted by atomic mass is 35.5. The molecule has 2 atom stereocenters. The van der Waals surface area contributed by atoms with Crippen LogP contribution in [0.2, 0.25) is 5.02 Å². The summed E-state index contributed by atoms with van der Waals surface area (Å²) in [6, 6.07) is 0. The molecule has 0 spiro atoms. The lowest BCUT2D eigenvalue weighted by Gasteiger charge is -2.35. The topological polar surface area (TPSA) is 67.2 Å². The molecule has 2 unspecified atom stereocenters. The van der Waals surface area contributed by atoms with E-state index in [2.05, 4.69) is 17.3 Å². The number of aliphatic hydroxyl groups is 1. The molecule has 0 bridgehead atoms. The summed E-state index contributed by atoms with van der Waals surface area (Å²) < 4.78 is 1.37. The summed E-state index contributed by atoms with van der Waals surface area (Å²) in [5.41, 5.74) is -0.507. The minimum Gasteiger partial charge on any atom is -0.388 e. The van der Waals surface area contributed by atoms with E-state index in [1.807, 2.05) is 6.92 Å². The highest BCUT2D eigenvalue weighted by Crippen LogP contribution is 2.32. The molecule has 118 valence electrons. The van der Waals surface area contributed by atoms with Gasteiger partial charge in [-0.1, -0.05) is 38.3 Å². The number of aromatic nitrogens is 2. The molecule has 0 amide bonds. The molecule has 0 aliphatic heterocycles. The third kappa shape index (κ3) is 3.98. The molecule has 0 radical (unpaired) electrons. The fraction of sp³-hybridized carbons (Fsp3) is 0.733. The molecule has 2 rings (SSSR count). The molecule has 1 aromatic heterocycles. The van der Waals surface area contributed by atoms with E-state index in [4.69, 9.17) is 11.6 Å². The SMILES string of the molecule is CCCn1ncc(NCC2(O)CCCC(C)C2)c(Cl)c1=O. The Hall–Kier alpha value is -1.07. The molecule has 1 fully saturated rings. The van der Waals surface area contributed by atoms with Crippen molar-refractivity contribution in [3.05, 3.63) is 21.6 Å². The van der Waals surface area contributed by atoms with Crippen LogP contribution in [0.1, 0.15) is 46.0 Å². The molecule has 1 heterocycles. The molecule has 2 N–H and O–H groups in total. The Bertz CT molecular complexity index is 546. The lowest BCUT2D eigenvalue weighted by molar-refractivity contribution is -0.000768. The lowest BCUT2D eigenvalue weighted by Crippen LogP contribution is -2.41. The van der Waals surface area contributed by atoms with Crippen molar-refractivity contribution in [1.82, 2.24) is 9.78 Å². The third-order valence-corrected chi connectivity index (χ3v) is 4.46. The maximum absolute atomic E-state index is 12.0. The van der Waals surface area contributed by atoms with Gasteiger partial charge in [-0.3, -0.25) is 4.79 Å². The number of halogens is 1. The molecule has 1 aliphatic rings. The largest absolute Gasteiger partial charge is 0.388 e. The van der Waals surface area contributed by atoms with E-state index >= 15 is 0 Å². The second-order valence-corrected chi connectivity index (χ2v) is 6.56. The quantitative estimate of drug-likeness (QED) is 0.877. The van der Waals surface area contributed by atoms with Crippen LogP contribution in [-0.2, 0) is 6.54 Å². The number of rotatable bonds is 5. The van der Waals surface area contributed by atoms with Crippen molar-refractivity contribution in [3.8, 4) is 0 Å². The van der Waals surface area contributed by atoms with Crippen molar-refractivity contribution in [2.45, 2.75) is 58.1 Å². The molecule has 0 saturated heterocycles. The third-order valence-electron chi connectivity index (χ3n) is 4.10. The Kier molecular flexibility index (Phi) is 5.27. The van der Waals surface area contributed by atoms with Gasteiger partial charge in [-0.2, -0.15) is 5.10 Å². The van der Waals surface area contributed by atoms with Crippen LogP contribution in [0.5, 0.6) is 0 Å². The summed E-state index contributed by atoms with van der Waals surface area (Å²) in [7, 11) is 0. The standard InChI is InChI=1S/C15H24ClN3O2/c1-3-7-19-14(20)13(16)12(9-18-19)17-10-15(21)6-4-5-11(2)8-15/h9,11,17,21H,3-8,10H2,1-2H3. The van der Waals surface area contributed by atoms with Crippen LogP contribution < -0.4 is 10.9 Å². The lowest BCUT2D eigenvalue weighted by atomic mass is 9.79. The van der Waals surface area contributed by atoms with Gasteiger partial charge in [0.15, 0.2) is 0 Å². The fourth-order valence-corrected chi connectivity index (χ4v) is 3.23. The average Bonchev–Trinajstić information content (AvgIpc) is 2.43. The Morgan fingerprint density at radius 2 is 2.38 bits per heavy atom. The van der Waals surface area contributed by atoms with E-state index in [1.165, 1.54) is 4.68 Å². The first-order chi connectivity index (χ1) is 9.95. The predicted molar refractivity (Wildman–Crippen MR) is 84.9 cm³/mol. The van der Waals surface area contributed by atoms with Crippen LogP contribution in [-0.4, -0.2) is 27.0 Å².